The number of hydrogen-bond acceptors (Lipinski definition) is 4. The average Bonchev–Trinajstić information content (AvgIpc) is 2.57. The summed E-state index contributed by atoms with van der Waals surface area (Å²) in [6.07, 6.45) is 4.14. The molecule has 132 valence electrons. The maximum Gasteiger partial charge on any atom is 0.312 e. The molecule has 1 aliphatic rings. The van der Waals surface area contributed by atoms with E-state index in [0.717, 1.165) is 25.7 Å². The van der Waals surface area contributed by atoms with Gasteiger partial charge in [0.2, 0.25) is 0 Å². The minimum atomic E-state index is -0.483. The fourth-order valence-electron chi connectivity index (χ4n) is 2.82. The molecule has 1 aliphatic heterocycles. The van der Waals surface area contributed by atoms with E-state index in [0.29, 0.717) is 32.7 Å². The highest BCUT2D eigenvalue weighted by Gasteiger charge is 2.33. The minimum Gasteiger partial charge on any atom is -0.466 e. The standard InChI is InChI=1S/C17H30N2O4/c1-4-7-11-18(10-5-2)15(20)16(21)19-12-8-9-14(13-19)17(22)23-6-3/h14H,4-13H2,1-3H3. The predicted octanol–water partition coefficient (Wildman–Crippen LogP) is 1.83. The third kappa shape index (κ3) is 5.84. The van der Waals surface area contributed by atoms with Crippen LogP contribution < -0.4 is 0 Å². The van der Waals surface area contributed by atoms with Gasteiger partial charge in [-0.05, 0) is 32.6 Å². The zero-order chi connectivity index (χ0) is 17.2. The molecule has 0 aromatic heterocycles. The first-order valence-electron chi connectivity index (χ1n) is 8.79. The Morgan fingerprint density at radius 2 is 1.87 bits per heavy atom. The van der Waals surface area contributed by atoms with Gasteiger partial charge in [-0.25, -0.2) is 0 Å². The van der Waals surface area contributed by atoms with Crippen LogP contribution in [0.15, 0.2) is 0 Å². The SMILES string of the molecule is CCCCN(CCC)C(=O)C(=O)N1CCCC(C(=O)OCC)C1. The number of nitrogens with zero attached hydrogens (tertiary/aromatic N) is 2. The number of amides is 2. The van der Waals surface area contributed by atoms with E-state index in [1.54, 1.807) is 11.8 Å². The van der Waals surface area contributed by atoms with Gasteiger partial charge in [-0.1, -0.05) is 20.3 Å². The molecule has 6 heteroatoms. The number of rotatable bonds is 7. The summed E-state index contributed by atoms with van der Waals surface area (Å²) in [6.45, 7) is 8.20. The second-order valence-electron chi connectivity index (χ2n) is 5.99. The Hall–Kier alpha value is -1.59. The van der Waals surface area contributed by atoms with Gasteiger partial charge in [-0.3, -0.25) is 14.4 Å². The molecule has 1 atom stereocenters. The molecule has 0 bridgehead atoms. The van der Waals surface area contributed by atoms with Crippen molar-refractivity contribution in [1.82, 2.24) is 9.80 Å². The van der Waals surface area contributed by atoms with E-state index < -0.39 is 11.8 Å². The maximum absolute atomic E-state index is 12.5. The van der Waals surface area contributed by atoms with E-state index in [1.165, 1.54) is 4.90 Å². The number of esters is 1. The van der Waals surface area contributed by atoms with Crippen molar-refractivity contribution in [3.63, 3.8) is 0 Å². The van der Waals surface area contributed by atoms with E-state index in [-0.39, 0.29) is 18.4 Å². The van der Waals surface area contributed by atoms with Crippen molar-refractivity contribution in [2.45, 2.75) is 52.9 Å². The molecule has 0 aliphatic carbocycles. The van der Waals surface area contributed by atoms with Gasteiger partial charge < -0.3 is 14.5 Å². The van der Waals surface area contributed by atoms with Crippen molar-refractivity contribution in [3.8, 4) is 0 Å². The van der Waals surface area contributed by atoms with E-state index in [2.05, 4.69) is 6.92 Å². The highest BCUT2D eigenvalue weighted by atomic mass is 16.5. The Morgan fingerprint density at radius 3 is 2.48 bits per heavy atom. The Bertz CT molecular complexity index is 411. The summed E-state index contributed by atoms with van der Waals surface area (Å²) in [6, 6.07) is 0. The van der Waals surface area contributed by atoms with E-state index >= 15 is 0 Å². The summed E-state index contributed by atoms with van der Waals surface area (Å²) in [7, 11) is 0. The van der Waals surface area contributed by atoms with Gasteiger partial charge in [0.15, 0.2) is 0 Å². The molecule has 6 nitrogen and oxygen atoms in total. The first-order valence-corrected chi connectivity index (χ1v) is 8.79. The summed E-state index contributed by atoms with van der Waals surface area (Å²) in [5.41, 5.74) is 0. The molecule has 0 aromatic rings. The third-order valence-corrected chi connectivity index (χ3v) is 4.07. The topological polar surface area (TPSA) is 66.9 Å². The van der Waals surface area contributed by atoms with Crippen LogP contribution in [0.25, 0.3) is 0 Å². The van der Waals surface area contributed by atoms with Gasteiger partial charge in [0, 0.05) is 26.2 Å². The lowest BCUT2D eigenvalue weighted by Crippen LogP contribution is -2.50. The molecule has 1 fully saturated rings. The van der Waals surface area contributed by atoms with Gasteiger partial charge in [0.1, 0.15) is 0 Å². The Labute approximate surface area is 139 Å². The molecular formula is C17H30N2O4. The van der Waals surface area contributed by atoms with Crippen LogP contribution in [-0.2, 0) is 19.1 Å². The van der Waals surface area contributed by atoms with Gasteiger partial charge in [0.25, 0.3) is 0 Å². The fraction of sp³-hybridized carbons (Fsp3) is 0.824. The fourth-order valence-corrected chi connectivity index (χ4v) is 2.82. The summed E-state index contributed by atoms with van der Waals surface area (Å²) in [4.78, 5) is 40.0. The lowest BCUT2D eigenvalue weighted by molar-refractivity contribution is -0.156. The number of likely N-dealkylation sites (tertiary alicyclic amines) is 1. The predicted molar refractivity (Wildman–Crippen MR) is 87.7 cm³/mol. The molecule has 1 heterocycles. The molecule has 2 amide bonds. The van der Waals surface area contributed by atoms with Crippen LogP contribution in [0.4, 0.5) is 0 Å². The molecule has 0 radical (unpaired) electrons. The lowest BCUT2D eigenvalue weighted by Gasteiger charge is -2.32. The maximum atomic E-state index is 12.5. The van der Waals surface area contributed by atoms with Gasteiger partial charge in [0.05, 0.1) is 12.5 Å². The molecular weight excluding hydrogens is 296 g/mol. The van der Waals surface area contributed by atoms with Crippen molar-refractivity contribution in [2.24, 2.45) is 5.92 Å². The van der Waals surface area contributed by atoms with E-state index in [9.17, 15) is 14.4 Å². The summed E-state index contributed by atoms with van der Waals surface area (Å²) < 4.78 is 5.04. The van der Waals surface area contributed by atoms with Crippen molar-refractivity contribution in [1.29, 1.82) is 0 Å². The van der Waals surface area contributed by atoms with Crippen LogP contribution in [0.5, 0.6) is 0 Å². The largest absolute Gasteiger partial charge is 0.466 e. The number of unbranched alkanes of at least 4 members (excludes halogenated alkanes) is 1. The summed E-state index contributed by atoms with van der Waals surface area (Å²) in [5, 5.41) is 0. The summed E-state index contributed by atoms with van der Waals surface area (Å²) >= 11 is 0. The van der Waals surface area contributed by atoms with Crippen LogP contribution in [0, 0.1) is 5.92 Å². The Morgan fingerprint density at radius 1 is 1.13 bits per heavy atom. The first-order chi connectivity index (χ1) is 11.0. The number of carbonyl (C=O) groups is 3. The van der Waals surface area contributed by atoms with Crippen molar-refractivity contribution >= 4 is 17.8 Å². The minimum absolute atomic E-state index is 0.270. The monoisotopic (exact) mass is 326 g/mol. The number of piperidine rings is 1. The lowest BCUT2D eigenvalue weighted by atomic mass is 9.98. The number of ether oxygens (including phenoxy) is 1. The zero-order valence-electron chi connectivity index (χ0n) is 14.7. The molecule has 0 spiro atoms. The van der Waals surface area contributed by atoms with Crippen molar-refractivity contribution in [3.05, 3.63) is 0 Å². The van der Waals surface area contributed by atoms with Gasteiger partial charge in [-0.2, -0.15) is 0 Å². The van der Waals surface area contributed by atoms with Crippen LogP contribution in [0.3, 0.4) is 0 Å². The number of carbonyl (C=O) groups excluding carboxylic acids is 3. The quantitative estimate of drug-likeness (QED) is 0.529. The highest BCUT2D eigenvalue weighted by Crippen LogP contribution is 2.18. The second kappa shape index (κ2) is 10.2. The molecule has 1 rings (SSSR count). The van der Waals surface area contributed by atoms with Crippen LogP contribution in [0.2, 0.25) is 0 Å². The van der Waals surface area contributed by atoms with Crippen LogP contribution in [0.1, 0.15) is 52.9 Å². The molecule has 1 saturated heterocycles. The molecule has 23 heavy (non-hydrogen) atoms. The smallest absolute Gasteiger partial charge is 0.312 e. The Kier molecular flexibility index (Phi) is 8.66. The first kappa shape index (κ1) is 19.5. The average molecular weight is 326 g/mol. The van der Waals surface area contributed by atoms with Crippen LogP contribution >= 0.6 is 0 Å². The van der Waals surface area contributed by atoms with Crippen LogP contribution in [-0.4, -0.2) is 60.4 Å². The molecule has 0 aromatic carbocycles. The second-order valence-corrected chi connectivity index (χ2v) is 5.99. The van der Waals surface area contributed by atoms with Gasteiger partial charge >= 0.3 is 17.8 Å². The van der Waals surface area contributed by atoms with Gasteiger partial charge in [-0.15, -0.1) is 0 Å². The van der Waals surface area contributed by atoms with Crippen molar-refractivity contribution < 1.29 is 19.1 Å². The Balaban J connectivity index is 2.66. The highest BCUT2D eigenvalue weighted by molar-refractivity contribution is 6.34. The van der Waals surface area contributed by atoms with Crippen molar-refractivity contribution in [2.75, 3.05) is 32.8 Å². The number of hydrogen-bond donors (Lipinski definition) is 0. The third-order valence-electron chi connectivity index (χ3n) is 4.07. The molecule has 1 unspecified atom stereocenters. The van der Waals surface area contributed by atoms with E-state index in [4.69, 9.17) is 4.74 Å². The molecule has 0 N–H and O–H groups in total. The molecule has 0 saturated carbocycles. The van der Waals surface area contributed by atoms with E-state index in [1.807, 2.05) is 6.92 Å². The normalized spacial score (nSPS) is 17.7. The summed E-state index contributed by atoms with van der Waals surface area (Å²) in [5.74, 6) is -1.50. The zero-order valence-corrected chi connectivity index (χ0v) is 14.7.